The number of hydrogen-bond acceptors (Lipinski definition) is 3. The quantitative estimate of drug-likeness (QED) is 0.297. The molecule has 0 saturated heterocycles. The van der Waals surface area contributed by atoms with Crippen molar-refractivity contribution in [3.05, 3.63) is 84.9 Å². The van der Waals surface area contributed by atoms with Crippen molar-refractivity contribution in [1.29, 1.82) is 0 Å². The van der Waals surface area contributed by atoms with E-state index in [9.17, 15) is 0 Å². The summed E-state index contributed by atoms with van der Waals surface area (Å²) in [5.41, 5.74) is 4.23. The van der Waals surface area contributed by atoms with Crippen molar-refractivity contribution >= 4 is 32.9 Å². The van der Waals surface area contributed by atoms with E-state index in [1.54, 1.807) is 0 Å². The van der Waals surface area contributed by atoms with E-state index in [4.69, 9.17) is 9.47 Å². The highest BCUT2D eigenvalue weighted by molar-refractivity contribution is 6.07. The Morgan fingerprint density at radius 1 is 0.552 bits per heavy atom. The van der Waals surface area contributed by atoms with Crippen molar-refractivity contribution in [2.45, 2.75) is 0 Å². The van der Waals surface area contributed by atoms with Crippen LogP contribution < -0.4 is 14.8 Å². The molecule has 2 aliphatic rings. The molecule has 0 amide bonds. The lowest BCUT2D eigenvalue weighted by molar-refractivity contribution is 0.368. The highest BCUT2D eigenvalue weighted by atomic mass is 16.6. The van der Waals surface area contributed by atoms with Crippen LogP contribution in [0.4, 0.5) is 11.4 Å². The van der Waals surface area contributed by atoms with Crippen molar-refractivity contribution in [3.8, 4) is 34.1 Å². The average Bonchev–Trinajstić information content (AvgIpc) is 2.82. The van der Waals surface area contributed by atoms with Gasteiger partial charge in [0.05, 0.1) is 5.69 Å². The van der Waals surface area contributed by atoms with Gasteiger partial charge in [-0.25, -0.2) is 0 Å². The first-order chi connectivity index (χ1) is 14.4. The normalized spacial score (nSPS) is 13.0. The average molecular weight is 373 g/mol. The number of fused-ring (bicyclic) bond motifs is 4. The van der Waals surface area contributed by atoms with Crippen LogP contribution in [0.3, 0.4) is 0 Å². The fourth-order valence-electron chi connectivity index (χ4n) is 4.51. The molecule has 0 spiro atoms. The molecule has 1 N–H and O–H groups in total. The second-order valence-electron chi connectivity index (χ2n) is 7.47. The zero-order valence-corrected chi connectivity index (χ0v) is 15.4. The van der Waals surface area contributed by atoms with Crippen molar-refractivity contribution in [3.63, 3.8) is 0 Å². The van der Waals surface area contributed by atoms with Gasteiger partial charge in [-0.2, -0.15) is 0 Å². The molecule has 0 radical (unpaired) electrons. The minimum atomic E-state index is 0.732. The van der Waals surface area contributed by atoms with Gasteiger partial charge in [-0.05, 0) is 34.5 Å². The summed E-state index contributed by atoms with van der Waals surface area (Å²) in [7, 11) is 0. The van der Waals surface area contributed by atoms with E-state index in [1.165, 1.54) is 0 Å². The molecular weight excluding hydrogens is 358 g/mol. The maximum absolute atomic E-state index is 6.59. The highest BCUT2D eigenvalue weighted by Gasteiger charge is 2.29. The fraction of sp³-hybridized carbons (Fsp3) is 0. The summed E-state index contributed by atoms with van der Waals surface area (Å²) in [6.07, 6.45) is 0. The minimum absolute atomic E-state index is 0.732. The van der Waals surface area contributed by atoms with E-state index in [0.29, 0.717) is 0 Å². The molecule has 3 heteroatoms. The van der Waals surface area contributed by atoms with Crippen LogP contribution in [0, 0.1) is 0 Å². The molecule has 136 valence electrons. The van der Waals surface area contributed by atoms with Crippen LogP contribution in [0.1, 0.15) is 0 Å². The van der Waals surface area contributed by atoms with E-state index >= 15 is 0 Å². The molecule has 3 nitrogen and oxygen atoms in total. The Hall–Kier alpha value is -3.98. The molecule has 0 aliphatic carbocycles. The summed E-state index contributed by atoms with van der Waals surface area (Å²) in [4.78, 5) is 0. The highest BCUT2D eigenvalue weighted by Crippen LogP contribution is 2.57. The molecule has 0 unspecified atom stereocenters. The molecule has 0 saturated carbocycles. The van der Waals surface area contributed by atoms with Crippen molar-refractivity contribution in [1.82, 2.24) is 0 Å². The molecule has 29 heavy (non-hydrogen) atoms. The standard InChI is InChI=1S/C26H15NO2/c1-2-8-17-16(6-1)14-21-25-24(17)28-22-13-12-15-7-5-10-19(23(15)26(22)29-25)18-9-3-4-11-20(18)27-21/h1-14,27H. The van der Waals surface area contributed by atoms with Gasteiger partial charge in [0.1, 0.15) is 0 Å². The molecule has 0 aromatic heterocycles. The van der Waals surface area contributed by atoms with Crippen LogP contribution in [0.2, 0.25) is 0 Å². The van der Waals surface area contributed by atoms with E-state index < -0.39 is 0 Å². The zero-order valence-electron chi connectivity index (χ0n) is 15.4. The van der Waals surface area contributed by atoms with Gasteiger partial charge in [0.25, 0.3) is 0 Å². The number of benzene rings is 5. The van der Waals surface area contributed by atoms with Crippen LogP contribution in [0.5, 0.6) is 23.0 Å². The topological polar surface area (TPSA) is 30.5 Å². The van der Waals surface area contributed by atoms with Crippen molar-refractivity contribution in [2.24, 2.45) is 0 Å². The van der Waals surface area contributed by atoms with Gasteiger partial charge in [0, 0.05) is 22.0 Å². The lowest BCUT2D eigenvalue weighted by Gasteiger charge is -2.25. The van der Waals surface area contributed by atoms with Gasteiger partial charge in [-0.3, -0.25) is 0 Å². The van der Waals surface area contributed by atoms with Gasteiger partial charge in [-0.1, -0.05) is 66.7 Å². The predicted molar refractivity (Wildman–Crippen MR) is 117 cm³/mol. The van der Waals surface area contributed by atoms with Crippen LogP contribution in [-0.4, -0.2) is 0 Å². The Kier molecular flexibility index (Phi) is 2.74. The van der Waals surface area contributed by atoms with Gasteiger partial charge in [0.15, 0.2) is 23.0 Å². The minimum Gasteiger partial charge on any atom is -0.449 e. The molecule has 2 aliphatic heterocycles. The summed E-state index contributed by atoms with van der Waals surface area (Å²) < 4.78 is 13.0. The van der Waals surface area contributed by atoms with Crippen LogP contribution in [0.25, 0.3) is 32.7 Å². The molecule has 0 fully saturated rings. The monoisotopic (exact) mass is 373 g/mol. The molecular formula is C26H15NO2. The number of hydrogen-bond donors (Lipinski definition) is 1. The lowest BCUT2D eigenvalue weighted by Crippen LogP contribution is -2.03. The van der Waals surface area contributed by atoms with Crippen molar-refractivity contribution < 1.29 is 9.47 Å². The molecule has 2 heterocycles. The van der Waals surface area contributed by atoms with Crippen molar-refractivity contribution in [2.75, 3.05) is 5.32 Å². The first kappa shape index (κ1) is 15.0. The van der Waals surface area contributed by atoms with E-state index in [0.717, 1.165) is 67.0 Å². The van der Waals surface area contributed by atoms with E-state index in [2.05, 4.69) is 72.0 Å². The number of para-hydroxylation sites is 1. The Morgan fingerprint density at radius 3 is 2.38 bits per heavy atom. The Morgan fingerprint density at radius 2 is 1.38 bits per heavy atom. The third kappa shape index (κ3) is 1.96. The van der Waals surface area contributed by atoms with Gasteiger partial charge in [0.2, 0.25) is 0 Å². The van der Waals surface area contributed by atoms with Gasteiger partial charge in [-0.15, -0.1) is 0 Å². The molecule has 5 aromatic rings. The number of ether oxygens (including phenoxy) is 2. The van der Waals surface area contributed by atoms with Crippen LogP contribution in [-0.2, 0) is 0 Å². The van der Waals surface area contributed by atoms with Gasteiger partial charge >= 0.3 is 0 Å². The largest absolute Gasteiger partial charge is 0.449 e. The third-order valence-corrected chi connectivity index (χ3v) is 5.82. The smallest absolute Gasteiger partial charge is 0.194 e. The Bertz CT molecular complexity index is 1490. The summed E-state index contributed by atoms with van der Waals surface area (Å²) in [6.45, 7) is 0. The molecule has 0 atom stereocenters. The number of rotatable bonds is 0. The third-order valence-electron chi connectivity index (χ3n) is 5.82. The Balaban J connectivity index is 1.69. The second-order valence-corrected chi connectivity index (χ2v) is 7.47. The SMILES string of the molecule is c1ccc2c(c1)Nc1cc3ccccc3c3c1Oc1c(ccc4cccc-2c14)O3. The molecule has 5 aromatic carbocycles. The fourth-order valence-corrected chi connectivity index (χ4v) is 4.51. The summed E-state index contributed by atoms with van der Waals surface area (Å²) in [5.74, 6) is 3.02. The summed E-state index contributed by atoms with van der Waals surface area (Å²) in [6, 6.07) is 29.2. The van der Waals surface area contributed by atoms with E-state index in [-0.39, 0.29) is 0 Å². The maximum atomic E-state index is 6.59. The lowest BCUT2D eigenvalue weighted by atomic mass is 9.96. The number of anilines is 2. The van der Waals surface area contributed by atoms with Crippen LogP contribution >= 0.6 is 0 Å². The summed E-state index contributed by atoms with van der Waals surface area (Å²) >= 11 is 0. The second kappa shape index (κ2) is 5.30. The van der Waals surface area contributed by atoms with E-state index in [1.807, 2.05) is 18.2 Å². The predicted octanol–water partition coefficient (Wildman–Crippen LogP) is 7.62. The zero-order chi connectivity index (χ0) is 18.9. The van der Waals surface area contributed by atoms with Crippen LogP contribution in [0.15, 0.2) is 84.9 Å². The molecule has 7 rings (SSSR count). The molecule has 2 bridgehead atoms. The first-order valence-corrected chi connectivity index (χ1v) is 9.70. The maximum Gasteiger partial charge on any atom is 0.194 e. The summed E-state index contributed by atoms with van der Waals surface area (Å²) in [5, 5.41) is 7.97. The first-order valence-electron chi connectivity index (χ1n) is 9.70. The number of nitrogens with one attached hydrogen (secondary N) is 1. The van der Waals surface area contributed by atoms with Gasteiger partial charge < -0.3 is 14.8 Å². The Labute approximate surface area is 167 Å².